The van der Waals surface area contributed by atoms with Gasteiger partial charge in [0.25, 0.3) is 0 Å². The molecule has 1 rings (SSSR count). The summed E-state index contributed by atoms with van der Waals surface area (Å²) in [6, 6.07) is 4.17. The SMILES string of the molecule is CC(C)(O)c1cccc(O)c1F. The molecule has 0 aliphatic heterocycles. The molecule has 1 aromatic rings. The molecular weight excluding hydrogens is 159 g/mol. The minimum absolute atomic E-state index is 0.0995. The Morgan fingerprint density at radius 1 is 1.33 bits per heavy atom. The van der Waals surface area contributed by atoms with Gasteiger partial charge in [-0.3, -0.25) is 0 Å². The van der Waals surface area contributed by atoms with Crippen LogP contribution in [-0.4, -0.2) is 10.2 Å². The van der Waals surface area contributed by atoms with E-state index in [0.29, 0.717) is 0 Å². The average Bonchev–Trinajstić information content (AvgIpc) is 1.92. The summed E-state index contributed by atoms with van der Waals surface area (Å²) < 4.78 is 13.1. The predicted molar refractivity (Wildman–Crippen MR) is 43.3 cm³/mol. The van der Waals surface area contributed by atoms with Crippen molar-refractivity contribution in [2.45, 2.75) is 19.4 Å². The summed E-state index contributed by atoms with van der Waals surface area (Å²) in [6.45, 7) is 2.93. The first-order valence-corrected chi connectivity index (χ1v) is 3.63. The molecule has 66 valence electrons. The summed E-state index contributed by atoms with van der Waals surface area (Å²) in [7, 11) is 0. The lowest BCUT2D eigenvalue weighted by atomic mass is 9.98. The van der Waals surface area contributed by atoms with E-state index < -0.39 is 17.2 Å². The van der Waals surface area contributed by atoms with E-state index in [-0.39, 0.29) is 5.56 Å². The van der Waals surface area contributed by atoms with Gasteiger partial charge in [0.05, 0.1) is 5.60 Å². The molecule has 2 N–H and O–H groups in total. The Kier molecular flexibility index (Phi) is 2.06. The highest BCUT2D eigenvalue weighted by Crippen LogP contribution is 2.27. The first kappa shape index (κ1) is 9.00. The lowest BCUT2D eigenvalue weighted by Crippen LogP contribution is -2.17. The van der Waals surface area contributed by atoms with E-state index in [1.807, 2.05) is 0 Å². The molecule has 0 amide bonds. The molecule has 0 aliphatic carbocycles. The van der Waals surface area contributed by atoms with Gasteiger partial charge in [0.2, 0.25) is 0 Å². The monoisotopic (exact) mass is 170 g/mol. The van der Waals surface area contributed by atoms with Gasteiger partial charge in [-0.1, -0.05) is 12.1 Å². The van der Waals surface area contributed by atoms with Gasteiger partial charge in [0.15, 0.2) is 11.6 Å². The highest BCUT2D eigenvalue weighted by Gasteiger charge is 2.21. The maximum Gasteiger partial charge on any atom is 0.170 e. The zero-order chi connectivity index (χ0) is 9.35. The van der Waals surface area contributed by atoms with Crippen molar-refractivity contribution in [1.29, 1.82) is 0 Å². The predicted octanol–water partition coefficient (Wildman–Crippen LogP) is 1.76. The van der Waals surface area contributed by atoms with Gasteiger partial charge < -0.3 is 10.2 Å². The highest BCUT2D eigenvalue weighted by atomic mass is 19.1. The number of halogens is 1. The van der Waals surface area contributed by atoms with Gasteiger partial charge in [0, 0.05) is 5.56 Å². The van der Waals surface area contributed by atoms with Gasteiger partial charge >= 0.3 is 0 Å². The lowest BCUT2D eigenvalue weighted by molar-refractivity contribution is 0.0739. The third kappa shape index (κ3) is 1.56. The van der Waals surface area contributed by atoms with Crippen LogP contribution in [0, 0.1) is 5.82 Å². The molecule has 1 aromatic carbocycles. The summed E-state index contributed by atoms with van der Waals surface area (Å²) in [6.07, 6.45) is 0. The van der Waals surface area contributed by atoms with E-state index in [1.54, 1.807) is 0 Å². The number of hydrogen-bond donors (Lipinski definition) is 2. The van der Waals surface area contributed by atoms with Gasteiger partial charge in [-0.25, -0.2) is 4.39 Å². The minimum atomic E-state index is -1.26. The lowest BCUT2D eigenvalue weighted by Gasteiger charge is -2.18. The van der Waals surface area contributed by atoms with E-state index in [9.17, 15) is 9.50 Å². The van der Waals surface area contributed by atoms with Crippen molar-refractivity contribution in [1.82, 2.24) is 0 Å². The number of aromatic hydroxyl groups is 1. The van der Waals surface area contributed by atoms with E-state index in [2.05, 4.69) is 0 Å². The fraction of sp³-hybridized carbons (Fsp3) is 0.333. The smallest absolute Gasteiger partial charge is 0.170 e. The van der Waals surface area contributed by atoms with Crippen LogP contribution in [0.4, 0.5) is 4.39 Å². The van der Waals surface area contributed by atoms with Gasteiger partial charge in [-0.05, 0) is 19.9 Å². The second kappa shape index (κ2) is 2.75. The van der Waals surface area contributed by atoms with Crippen LogP contribution in [0.3, 0.4) is 0 Å². The van der Waals surface area contributed by atoms with Gasteiger partial charge in [0.1, 0.15) is 0 Å². The molecular formula is C9H11FO2. The van der Waals surface area contributed by atoms with Gasteiger partial charge in [-0.2, -0.15) is 0 Å². The van der Waals surface area contributed by atoms with Crippen LogP contribution in [0.2, 0.25) is 0 Å². The highest BCUT2D eigenvalue weighted by molar-refractivity contribution is 5.32. The van der Waals surface area contributed by atoms with Crippen molar-refractivity contribution < 1.29 is 14.6 Å². The molecule has 12 heavy (non-hydrogen) atoms. The fourth-order valence-electron chi connectivity index (χ4n) is 0.992. The number of benzene rings is 1. The van der Waals surface area contributed by atoms with Crippen molar-refractivity contribution in [2.24, 2.45) is 0 Å². The molecule has 0 saturated carbocycles. The molecule has 0 radical (unpaired) electrons. The van der Waals surface area contributed by atoms with Crippen LogP contribution in [0.25, 0.3) is 0 Å². The number of hydrogen-bond acceptors (Lipinski definition) is 2. The zero-order valence-corrected chi connectivity index (χ0v) is 7.00. The Bertz CT molecular complexity index is 289. The van der Waals surface area contributed by atoms with Crippen LogP contribution in [0.1, 0.15) is 19.4 Å². The van der Waals surface area contributed by atoms with Crippen LogP contribution in [0.5, 0.6) is 5.75 Å². The minimum Gasteiger partial charge on any atom is -0.505 e. The van der Waals surface area contributed by atoms with Crippen molar-refractivity contribution in [3.8, 4) is 5.75 Å². The summed E-state index contributed by atoms with van der Waals surface area (Å²) in [5.41, 5.74) is -1.16. The molecule has 0 aliphatic rings. The second-order valence-electron chi connectivity index (χ2n) is 3.20. The van der Waals surface area contributed by atoms with Crippen LogP contribution < -0.4 is 0 Å². The Morgan fingerprint density at radius 2 is 1.92 bits per heavy atom. The molecule has 0 unspecified atom stereocenters. The maximum absolute atomic E-state index is 13.1. The van der Waals surface area contributed by atoms with E-state index in [0.717, 1.165) is 0 Å². The zero-order valence-electron chi connectivity index (χ0n) is 7.00. The molecule has 0 aromatic heterocycles. The number of aliphatic hydroxyl groups is 1. The summed E-state index contributed by atoms with van der Waals surface area (Å²) in [4.78, 5) is 0. The number of rotatable bonds is 1. The summed E-state index contributed by atoms with van der Waals surface area (Å²) >= 11 is 0. The molecule has 0 fully saturated rings. The first-order chi connectivity index (χ1) is 5.43. The van der Waals surface area contributed by atoms with Crippen molar-refractivity contribution in [3.63, 3.8) is 0 Å². The molecule has 0 atom stereocenters. The Morgan fingerprint density at radius 3 is 2.33 bits per heavy atom. The maximum atomic E-state index is 13.1. The summed E-state index contributed by atoms with van der Waals surface area (Å²) in [5, 5.41) is 18.4. The third-order valence-corrected chi connectivity index (χ3v) is 1.64. The number of phenolic OH excluding ortho intramolecular Hbond substituents is 1. The molecule has 0 bridgehead atoms. The molecule has 0 heterocycles. The molecule has 3 heteroatoms. The van der Waals surface area contributed by atoms with Gasteiger partial charge in [-0.15, -0.1) is 0 Å². The average molecular weight is 170 g/mol. The quantitative estimate of drug-likeness (QED) is 0.674. The Hall–Kier alpha value is -1.09. The normalized spacial score (nSPS) is 11.7. The van der Waals surface area contributed by atoms with Crippen molar-refractivity contribution >= 4 is 0 Å². The molecule has 2 nitrogen and oxygen atoms in total. The second-order valence-corrected chi connectivity index (χ2v) is 3.20. The standard InChI is InChI=1S/C9H11FO2/c1-9(2,12)6-4-3-5-7(11)8(6)10/h3-5,11-12H,1-2H3. The number of phenols is 1. The Balaban J connectivity index is 3.26. The van der Waals surface area contributed by atoms with Crippen molar-refractivity contribution in [2.75, 3.05) is 0 Å². The van der Waals surface area contributed by atoms with E-state index >= 15 is 0 Å². The topological polar surface area (TPSA) is 40.5 Å². The molecule has 0 spiro atoms. The summed E-state index contributed by atoms with van der Waals surface area (Å²) in [5.74, 6) is -1.19. The van der Waals surface area contributed by atoms with E-state index in [1.165, 1.54) is 32.0 Å². The Labute approximate surface area is 70.3 Å². The molecule has 0 saturated heterocycles. The van der Waals surface area contributed by atoms with E-state index in [4.69, 9.17) is 5.11 Å². The van der Waals surface area contributed by atoms with Crippen LogP contribution in [-0.2, 0) is 5.60 Å². The first-order valence-electron chi connectivity index (χ1n) is 3.63. The van der Waals surface area contributed by atoms with Crippen LogP contribution in [0.15, 0.2) is 18.2 Å². The largest absolute Gasteiger partial charge is 0.505 e. The van der Waals surface area contributed by atoms with Crippen LogP contribution >= 0.6 is 0 Å². The van der Waals surface area contributed by atoms with Crippen molar-refractivity contribution in [3.05, 3.63) is 29.6 Å². The third-order valence-electron chi connectivity index (χ3n) is 1.64. The fourth-order valence-corrected chi connectivity index (χ4v) is 0.992.